The number of rotatable bonds is 6. The zero-order valence-electron chi connectivity index (χ0n) is 11.3. The van der Waals surface area contributed by atoms with Crippen molar-refractivity contribution >= 4 is 17.1 Å². The van der Waals surface area contributed by atoms with Crippen molar-refractivity contribution in [3.05, 3.63) is 51.7 Å². The van der Waals surface area contributed by atoms with Crippen molar-refractivity contribution in [1.82, 2.24) is 0 Å². The summed E-state index contributed by atoms with van der Waals surface area (Å²) in [5.74, 6) is 0.899. The van der Waals surface area contributed by atoms with Gasteiger partial charge >= 0.3 is 0 Å². The summed E-state index contributed by atoms with van der Waals surface area (Å²) in [6, 6.07) is 9.32. The fraction of sp³-hybridized carbons (Fsp3) is 0.312. The van der Waals surface area contributed by atoms with Crippen LogP contribution in [0.15, 0.2) is 35.7 Å². The molecule has 1 heterocycles. The Morgan fingerprint density at radius 3 is 2.53 bits per heavy atom. The molecule has 0 atom stereocenters. The minimum absolute atomic E-state index is 0.0736. The summed E-state index contributed by atoms with van der Waals surface area (Å²) < 4.78 is 5.58. The van der Waals surface area contributed by atoms with E-state index >= 15 is 0 Å². The lowest BCUT2D eigenvalue weighted by atomic mass is 10.1. The normalized spacial score (nSPS) is 10.4. The first-order valence-electron chi connectivity index (χ1n) is 6.53. The van der Waals surface area contributed by atoms with E-state index in [2.05, 4.69) is 6.92 Å². The number of ether oxygens (including phenoxy) is 1. The maximum Gasteiger partial charge on any atom is 0.193 e. The lowest BCUT2D eigenvalue weighted by Crippen LogP contribution is -2.00. The average Bonchev–Trinajstić information content (AvgIpc) is 2.86. The van der Waals surface area contributed by atoms with Gasteiger partial charge in [0.25, 0.3) is 0 Å². The van der Waals surface area contributed by atoms with Crippen molar-refractivity contribution in [2.24, 2.45) is 0 Å². The highest BCUT2D eigenvalue weighted by atomic mass is 32.1. The predicted molar refractivity (Wildman–Crippen MR) is 79.3 cm³/mol. The Hall–Kier alpha value is -1.61. The number of carbonyl (C=O) groups is 1. The van der Waals surface area contributed by atoms with Crippen molar-refractivity contribution in [1.29, 1.82) is 0 Å². The molecule has 0 unspecified atom stereocenters. The number of hydrogen-bond donors (Lipinski definition) is 0. The zero-order valence-corrected chi connectivity index (χ0v) is 12.1. The van der Waals surface area contributed by atoms with E-state index in [1.54, 1.807) is 11.3 Å². The van der Waals surface area contributed by atoms with Gasteiger partial charge in [-0.3, -0.25) is 4.79 Å². The number of hydrogen-bond acceptors (Lipinski definition) is 3. The molecule has 1 aromatic heterocycles. The van der Waals surface area contributed by atoms with E-state index in [-0.39, 0.29) is 5.78 Å². The molecule has 0 saturated heterocycles. The van der Waals surface area contributed by atoms with Crippen LogP contribution in [0, 0.1) is 6.92 Å². The monoisotopic (exact) mass is 274 g/mol. The molecule has 0 amide bonds. The van der Waals surface area contributed by atoms with E-state index in [0.717, 1.165) is 35.6 Å². The molecule has 0 aliphatic rings. The van der Waals surface area contributed by atoms with Gasteiger partial charge in [-0.2, -0.15) is 0 Å². The molecule has 0 radical (unpaired) electrons. The standard InChI is InChI=1S/C16H18O2S/c1-3-4-9-18-15-7-5-13(6-8-15)16(17)14-10-12(2)19-11-14/h5-8,10-11H,3-4,9H2,1-2H3. The highest BCUT2D eigenvalue weighted by molar-refractivity contribution is 7.10. The van der Waals surface area contributed by atoms with Gasteiger partial charge in [-0.05, 0) is 43.7 Å². The fourth-order valence-corrected chi connectivity index (χ4v) is 2.45. The van der Waals surface area contributed by atoms with Crippen LogP contribution in [0.2, 0.25) is 0 Å². The summed E-state index contributed by atoms with van der Waals surface area (Å²) in [5.41, 5.74) is 1.47. The Labute approximate surface area is 118 Å². The molecule has 0 N–H and O–H groups in total. The van der Waals surface area contributed by atoms with Gasteiger partial charge < -0.3 is 4.74 Å². The van der Waals surface area contributed by atoms with Gasteiger partial charge in [-0.15, -0.1) is 11.3 Å². The van der Waals surface area contributed by atoms with Crippen LogP contribution >= 0.6 is 11.3 Å². The second-order valence-corrected chi connectivity index (χ2v) is 5.62. The van der Waals surface area contributed by atoms with Crippen LogP contribution in [-0.2, 0) is 0 Å². The number of aryl methyl sites for hydroxylation is 1. The summed E-state index contributed by atoms with van der Waals surface area (Å²) in [4.78, 5) is 13.4. The third-order valence-corrected chi connectivity index (χ3v) is 3.74. The third-order valence-electron chi connectivity index (χ3n) is 2.88. The van der Waals surface area contributed by atoms with E-state index in [1.807, 2.05) is 42.6 Å². The van der Waals surface area contributed by atoms with Gasteiger partial charge in [0.1, 0.15) is 5.75 Å². The van der Waals surface area contributed by atoms with Crippen molar-refractivity contribution < 1.29 is 9.53 Å². The molecular formula is C16H18O2S. The molecule has 2 nitrogen and oxygen atoms in total. The summed E-state index contributed by atoms with van der Waals surface area (Å²) >= 11 is 1.60. The van der Waals surface area contributed by atoms with Crippen molar-refractivity contribution in [2.75, 3.05) is 6.61 Å². The predicted octanol–water partition coefficient (Wildman–Crippen LogP) is 4.47. The average molecular weight is 274 g/mol. The molecule has 2 rings (SSSR count). The maximum atomic E-state index is 12.2. The highest BCUT2D eigenvalue weighted by Gasteiger charge is 2.10. The molecule has 19 heavy (non-hydrogen) atoms. The van der Waals surface area contributed by atoms with Gasteiger partial charge in [0.05, 0.1) is 6.61 Å². The Morgan fingerprint density at radius 1 is 1.21 bits per heavy atom. The Morgan fingerprint density at radius 2 is 1.95 bits per heavy atom. The van der Waals surface area contributed by atoms with E-state index in [9.17, 15) is 4.79 Å². The molecule has 0 aliphatic carbocycles. The van der Waals surface area contributed by atoms with Crippen LogP contribution in [0.25, 0.3) is 0 Å². The van der Waals surface area contributed by atoms with Gasteiger partial charge in [0.15, 0.2) is 5.78 Å². The van der Waals surface area contributed by atoms with Crippen LogP contribution in [0.5, 0.6) is 5.75 Å². The molecule has 0 bridgehead atoms. The molecule has 2 aromatic rings. The maximum absolute atomic E-state index is 12.2. The Bertz CT molecular complexity index is 540. The van der Waals surface area contributed by atoms with E-state index < -0.39 is 0 Å². The highest BCUT2D eigenvalue weighted by Crippen LogP contribution is 2.19. The van der Waals surface area contributed by atoms with Crippen LogP contribution in [0.1, 0.15) is 40.6 Å². The summed E-state index contributed by atoms with van der Waals surface area (Å²) in [7, 11) is 0. The second-order valence-electron chi connectivity index (χ2n) is 4.50. The molecule has 100 valence electrons. The van der Waals surface area contributed by atoms with E-state index in [4.69, 9.17) is 4.74 Å². The van der Waals surface area contributed by atoms with Crippen LogP contribution in [0.4, 0.5) is 0 Å². The Kier molecular flexibility index (Phi) is 4.74. The van der Waals surface area contributed by atoms with E-state index in [1.165, 1.54) is 0 Å². The van der Waals surface area contributed by atoms with Crippen molar-refractivity contribution in [3.63, 3.8) is 0 Å². The van der Waals surface area contributed by atoms with Crippen molar-refractivity contribution in [3.8, 4) is 5.75 Å². The van der Waals surface area contributed by atoms with Crippen LogP contribution in [0.3, 0.4) is 0 Å². The lowest BCUT2D eigenvalue weighted by molar-refractivity contribution is 0.103. The summed E-state index contributed by atoms with van der Waals surface area (Å²) in [6.45, 7) is 4.87. The van der Waals surface area contributed by atoms with Gasteiger partial charge in [0, 0.05) is 21.4 Å². The van der Waals surface area contributed by atoms with Gasteiger partial charge in [-0.1, -0.05) is 13.3 Å². The Balaban J connectivity index is 2.03. The summed E-state index contributed by atoms with van der Waals surface area (Å²) in [6.07, 6.45) is 2.17. The smallest absolute Gasteiger partial charge is 0.193 e. The molecular weight excluding hydrogens is 256 g/mol. The zero-order chi connectivity index (χ0) is 13.7. The van der Waals surface area contributed by atoms with E-state index in [0.29, 0.717) is 5.56 Å². The number of benzene rings is 1. The molecule has 0 spiro atoms. The minimum atomic E-state index is 0.0736. The van der Waals surface area contributed by atoms with Gasteiger partial charge in [-0.25, -0.2) is 0 Å². The summed E-state index contributed by atoms with van der Waals surface area (Å²) in [5, 5.41) is 1.91. The first-order valence-corrected chi connectivity index (χ1v) is 7.41. The van der Waals surface area contributed by atoms with Gasteiger partial charge in [0.2, 0.25) is 0 Å². The first-order chi connectivity index (χ1) is 9.20. The van der Waals surface area contributed by atoms with Crippen LogP contribution in [-0.4, -0.2) is 12.4 Å². The second kappa shape index (κ2) is 6.53. The third kappa shape index (κ3) is 3.67. The fourth-order valence-electron chi connectivity index (χ4n) is 1.77. The van der Waals surface area contributed by atoms with Crippen molar-refractivity contribution in [2.45, 2.75) is 26.7 Å². The number of thiophene rings is 1. The SMILES string of the molecule is CCCCOc1ccc(C(=O)c2csc(C)c2)cc1. The largest absolute Gasteiger partial charge is 0.494 e. The number of ketones is 1. The molecule has 0 aliphatic heterocycles. The minimum Gasteiger partial charge on any atom is -0.494 e. The number of carbonyl (C=O) groups excluding carboxylic acids is 1. The quantitative estimate of drug-likeness (QED) is 0.574. The molecule has 0 fully saturated rings. The molecule has 1 aromatic carbocycles. The number of unbranched alkanes of at least 4 members (excludes halogenated alkanes) is 1. The lowest BCUT2D eigenvalue weighted by Gasteiger charge is -2.05. The molecule has 0 saturated carbocycles. The van der Waals surface area contributed by atoms with Crippen LogP contribution < -0.4 is 4.74 Å². The first kappa shape index (κ1) is 13.8. The topological polar surface area (TPSA) is 26.3 Å². The molecule has 3 heteroatoms.